The summed E-state index contributed by atoms with van der Waals surface area (Å²) < 4.78 is 1.67. The summed E-state index contributed by atoms with van der Waals surface area (Å²) >= 11 is 0. The minimum Gasteiger partial charge on any atom is -0.258 e. The standard InChI is InChI=1S/C14H15N3O2/c1-11(2)8-13-14(17(18)19)9-15-16(13)10-12-6-4-3-5-7-12/h3-7,9H,1,8,10H2,2H3. The number of benzene rings is 1. The first kappa shape index (κ1) is 13.0. The van der Waals surface area contributed by atoms with Crippen LogP contribution in [0.1, 0.15) is 18.2 Å². The summed E-state index contributed by atoms with van der Waals surface area (Å²) in [5.74, 6) is 0. The molecule has 0 unspecified atom stereocenters. The first-order valence-electron chi connectivity index (χ1n) is 5.95. The van der Waals surface area contributed by atoms with Crippen molar-refractivity contribution in [1.29, 1.82) is 0 Å². The van der Waals surface area contributed by atoms with E-state index in [0.29, 0.717) is 18.7 Å². The van der Waals surface area contributed by atoms with Crippen LogP contribution in [0.5, 0.6) is 0 Å². The maximum Gasteiger partial charge on any atom is 0.310 e. The lowest BCUT2D eigenvalue weighted by molar-refractivity contribution is -0.385. The number of rotatable bonds is 5. The van der Waals surface area contributed by atoms with Gasteiger partial charge in [0.15, 0.2) is 0 Å². The van der Waals surface area contributed by atoms with Crippen molar-refractivity contribution in [3.8, 4) is 0 Å². The number of hydrogen-bond donors (Lipinski definition) is 0. The number of nitrogens with zero attached hydrogens (tertiary/aromatic N) is 3. The second kappa shape index (κ2) is 5.48. The van der Waals surface area contributed by atoms with E-state index in [-0.39, 0.29) is 5.69 Å². The lowest BCUT2D eigenvalue weighted by Crippen LogP contribution is -2.07. The minimum absolute atomic E-state index is 0.0546. The molecule has 19 heavy (non-hydrogen) atoms. The number of hydrogen-bond acceptors (Lipinski definition) is 3. The Morgan fingerprint density at radius 2 is 2.11 bits per heavy atom. The topological polar surface area (TPSA) is 61.0 Å². The Hall–Kier alpha value is -2.43. The highest BCUT2D eigenvalue weighted by Gasteiger charge is 2.20. The van der Waals surface area contributed by atoms with Gasteiger partial charge in [-0.2, -0.15) is 5.10 Å². The van der Waals surface area contributed by atoms with Gasteiger partial charge in [-0.05, 0) is 12.5 Å². The fourth-order valence-corrected chi connectivity index (χ4v) is 1.91. The van der Waals surface area contributed by atoms with E-state index in [1.165, 1.54) is 6.20 Å². The van der Waals surface area contributed by atoms with Gasteiger partial charge in [0.1, 0.15) is 11.9 Å². The molecule has 0 saturated heterocycles. The van der Waals surface area contributed by atoms with Crippen LogP contribution in [0, 0.1) is 10.1 Å². The summed E-state index contributed by atoms with van der Waals surface area (Å²) in [6, 6.07) is 9.75. The molecule has 2 rings (SSSR count). The van der Waals surface area contributed by atoms with Crippen molar-refractivity contribution < 1.29 is 4.92 Å². The van der Waals surface area contributed by atoms with Gasteiger partial charge in [-0.15, -0.1) is 0 Å². The maximum absolute atomic E-state index is 11.0. The molecule has 0 atom stereocenters. The fourth-order valence-electron chi connectivity index (χ4n) is 1.91. The van der Waals surface area contributed by atoms with Gasteiger partial charge in [0.05, 0.1) is 11.5 Å². The Morgan fingerprint density at radius 3 is 2.68 bits per heavy atom. The Kier molecular flexibility index (Phi) is 3.75. The predicted molar refractivity (Wildman–Crippen MR) is 72.9 cm³/mol. The van der Waals surface area contributed by atoms with Gasteiger partial charge in [0.25, 0.3) is 0 Å². The average Bonchev–Trinajstić information content (AvgIpc) is 2.73. The predicted octanol–water partition coefficient (Wildman–Crippen LogP) is 2.96. The maximum atomic E-state index is 11.0. The Balaban J connectivity index is 2.34. The summed E-state index contributed by atoms with van der Waals surface area (Å²) in [5, 5.41) is 15.1. The zero-order valence-electron chi connectivity index (χ0n) is 10.7. The molecule has 0 N–H and O–H groups in total. The summed E-state index contributed by atoms with van der Waals surface area (Å²) in [6.45, 7) is 6.19. The van der Waals surface area contributed by atoms with Crippen LogP contribution in [0.25, 0.3) is 0 Å². The van der Waals surface area contributed by atoms with Gasteiger partial charge in [-0.1, -0.05) is 42.5 Å². The zero-order chi connectivity index (χ0) is 13.8. The van der Waals surface area contributed by atoms with E-state index in [2.05, 4.69) is 11.7 Å². The van der Waals surface area contributed by atoms with Gasteiger partial charge in [-0.25, -0.2) is 0 Å². The van der Waals surface area contributed by atoms with E-state index in [4.69, 9.17) is 0 Å². The normalized spacial score (nSPS) is 10.4. The average molecular weight is 257 g/mol. The van der Waals surface area contributed by atoms with Crippen molar-refractivity contribution in [3.63, 3.8) is 0 Å². The van der Waals surface area contributed by atoms with Crippen molar-refractivity contribution in [2.45, 2.75) is 19.9 Å². The molecule has 0 spiro atoms. The second-order valence-corrected chi connectivity index (χ2v) is 4.51. The summed E-state index contributed by atoms with van der Waals surface area (Å²) in [4.78, 5) is 10.6. The van der Waals surface area contributed by atoms with Gasteiger partial charge >= 0.3 is 5.69 Å². The molecule has 0 bridgehead atoms. The molecule has 98 valence electrons. The molecule has 0 aliphatic heterocycles. The van der Waals surface area contributed by atoms with Crippen molar-refractivity contribution >= 4 is 5.69 Å². The van der Waals surface area contributed by atoms with E-state index in [9.17, 15) is 10.1 Å². The second-order valence-electron chi connectivity index (χ2n) is 4.51. The third kappa shape index (κ3) is 3.07. The molecule has 5 nitrogen and oxygen atoms in total. The molecule has 1 aromatic heterocycles. The highest BCUT2D eigenvalue weighted by Crippen LogP contribution is 2.21. The Bertz CT molecular complexity index is 602. The highest BCUT2D eigenvalue weighted by atomic mass is 16.6. The molecule has 1 aromatic carbocycles. The molecule has 0 fully saturated rings. The van der Waals surface area contributed by atoms with Gasteiger partial charge < -0.3 is 0 Å². The molecule has 0 radical (unpaired) electrons. The van der Waals surface area contributed by atoms with E-state index >= 15 is 0 Å². The molecule has 0 amide bonds. The molecule has 1 heterocycles. The SMILES string of the molecule is C=C(C)Cc1c([N+](=O)[O-])cnn1Cc1ccccc1. The lowest BCUT2D eigenvalue weighted by atomic mass is 10.1. The number of nitro groups is 1. The molecule has 0 saturated carbocycles. The largest absolute Gasteiger partial charge is 0.310 e. The van der Waals surface area contributed by atoms with Crippen LogP contribution in [0.4, 0.5) is 5.69 Å². The third-order valence-corrected chi connectivity index (χ3v) is 2.77. The first-order valence-corrected chi connectivity index (χ1v) is 5.95. The highest BCUT2D eigenvalue weighted by molar-refractivity contribution is 5.36. The van der Waals surface area contributed by atoms with Crippen LogP contribution >= 0.6 is 0 Å². The minimum atomic E-state index is -0.396. The van der Waals surface area contributed by atoms with Crippen molar-refractivity contribution in [2.75, 3.05) is 0 Å². The van der Waals surface area contributed by atoms with Crippen LogP contribution in [0.2, 0.25) is 0 Å². The van der Waals surface area contributed by atoms with Crippen LogP contribution in [0.15, 0.2) is 48.7 Å². The van der Waals surface area contributed by atoms with E-state index in [1.807, 2.05) is 37.3 Å². The van der Waals surface area contributed by atoms with Crippen LogP contribution in [-0.4, -0.2) is 14.7 Å². The molecule has 2 aromatic rings. The number of allylic oxidation sites excluding steroid dienone is 1. The summed E-state index contributed by atoms with van der Waals surface area (Å²) in [6.07, 6.45) is 1.77. The number of aromatic nitrogens is 2. The van der Waals surface area contributed by atoms with Crippen LogP contribution < -0.4 is 0 Å². The van der Waals surface area contributed by atoms with E-state index in [1.54, 1.807) is 4.68 Å². The lowest BCUT2D eigenvalue weighted by Gasteiger charge is -2.07. The van der Waals surface area contributed by atoms with Crippen molar-refractivity contribution in [1.82, 2.24) is 9.78 Å². The fraction of sp³-hybridized carbons (Fsp3) is 0.214. The molecule has 0 aliphatic carbocycles. The van der Waals surface area contributed by atoms with Crippen LogP contribution in [0.3, 0.4) is 0 Å². The van der Waals surface area contributed by atoms with E-state index < -0.39 is 4.92 Å². The van der Waals surface area contributed by atoms with Gasteiger partial charge in [0, 0.05) is 6.42 Å². The van der Waals surface area contributed by atoms with Crippen LogP contribution in [-0.2, 0) is 13.0 Å². The summed E-state index contributed by atoms with van der Waals surface area (Å²) in [7, 11) is 0. The Morgan fingerprint density at radius 1 is 1.42 bits per heavy atom. The quantitative estimate of drug-likeness (QED) is 0.470. The molecule has 0 aliphatic rings. The third-order valence-electron chi connectivity index (χ3n) is 2.77. The summed E-state index contributed by atoms with van der Waals surface area (Å²) in [5.41, 5.74) is 2.58. The van der Waals surface area contributed by atoms with Gasteiger partial charge in [-0.3, -0.25) is 14.8 Å². The smallest absolute Gasteiger partial charge is 0.258 e. The monoisotopic (exact) mass is 257 g/mol. The molecular weight excluding hydrogens is 242 g/mol. The van der Waals surface area contributed by atoms with Gasteiger partial charge in [0.2, 0.25) is 0 Å². The zero-order valence-corrected chi connectivity index (χ0v) is 10.7. The van der Waals surface area contributed by atoms with Crippen molar-refractivity contribution in [2.24, 2.45) is 0 Å². The van der Waals surface area contributed by atoms with Crippen molar-refractivity contribution in [3.05, 3.63) is 70.1 Å². The first-order chi connectivity index (χ1) is 9.08. The Labute approximate surface area is 111 Å². The van der Waals surface area contributed by atoms with E-state index in [0.717, 1.165) is 11.1 Å². The molecular formula is C14H15N3O2. The molecule has 5 heteroatoms.